The third-order valence-electron chi connectivity index (χ3n) is 3.65. The molecule has 7 heteroatoms. The highest BCUT2D eigenvalue weighted by atomic mass is 32.2. The standard InChI is InChI=1S/C15H10N4OS2/c1-18-9-3-5-11(21-7-16)14-12(22-8-17)6-4-10(13(9)14)19(2)15(18)20/h3-6H,1-2H3. The first-order valence-corrected chi connectivity index (χ1v) is 7.96. The number of hydrogen-bond donors (Lipinski definition) is 0. The molecule has 0 atom stereocenters. The van der Waals surface area contributed by atoms with Crippen LogP contribution in [0.25, 0.3) is 10.8 Å². The molecule has 108 valence electrons. The zero-order valence-electron chi connectivity index (χ0n) is 11.8. The second-order valence-corrected chi connectivity index (χ2v) is 6.36. The summed E-state index contributed by atoms with van der Waals surface area (Å²) in [6, 6.07) is 7.22. The minimum Gasteiger partial charge on any atom is -0.296 e. The summed E-state index contributed by atoms with van der Waals surface area (Å²) in [5.41, 5.74) is 1.58. The monoisotopic (exact) mass is 326 g/mol. The number of hydrogen-bond acceptors (Lipinski definition) is 5. The molecule has 3 rings (SSSR count). The molecule has 0 unspecified atom stereocenters. The van der Waals surface area contributed by atoms with Gasteiger partial charge in [-0.2, -0.15) is 10.5 Å². The van der Waals surface area contributed by atoms with Gasteiger partial charge in [-0.05, 0) is 47.8 Å². The number of thiocyanates is 2. The van der Waals surface area contributed by atoms with Crippen LogP contribution in [0.4, 0.5) is 16.2 Å². The Kier molecular flexibility index (Phi) is 3.61. The van der Waals surface area contributed by atoms with E-state index in [4.69, 9.17) is 10.5 Å². The lowest BCUT2D eigenvalue weighted by Gasteiger charge is -2.33. The summed E-state index contributed by atoms with van der Waals surface area (Å²) in [6.45, 7) is 0. The summed E-state index contributed by atoms with van der Waals surface area (Å²) in [4.78, 5) is 17.0. The van der Waals surface area contributed by atoms with Gasteiger partial charge in [0.05, 0.1) is 11.4 Å². The van der Waals surface area contributed by atoms with Crippen molar-refractivity contribution in [1.29, 1.82) is 10.5 Å². The summed E-state index contributed by atoms with van der Waals surface area (Å²) < 4.78 is 0. The Balaban J connectivity index is 2.45. The molecular formula is C15H10N4OS2. The van der Waals surface area contributed by atoms with Crippen LogP contribution in [0.3, 0.4) is 0 Å². The molecule has 0 saturated heterocycles. The Morgan fingerprint density at radius 2 is 1.32 bits per heavy atom. The van der Waals surface area contributed by atoms with Crippen molar-refractivity contribution < 1.29 is 4.79 Å². The van der Waals surface area contributed by atoms with Gasteiger partial charge in [-0.3, -0.25) is 9.80 Å². The van der Waals surface area contributed by atoms with Crippen molar-refractivity contribution in [2.75, 3.05) is 23.9 Å². The fourth-order valence-electron chi connectivity index (χ4n) is 2.66. The van der Waals surface area contributed by atoms with E-state index >= 15 is 0 Å². The van der Waals surface area contributed by atoms with Crippen LogP contribution in [0, 0.1) is 21.3 Å². The minimum absolute atomic E-state index is 0.116. The van der Waals surface area contributed by atoms with E-state index in [0.29, 0.717) is 0 Å². The molecular weight excluding hydrogens is 316 g/mol. The Morgan fingerprint density at radius 3 is 1.73 bits per heavy atom. The minimum atomic E-state index is -0.116. The smallest absolute Gasteiger partial charge is 0.296 e. The summed E-state index contributed by atoms with van der Waals surface area (Å²) in [5.74, 6) is 0. The van der Waals surface area contributed by atoms with E-state index in [-0.39, 0.29) is 6.03 Å². The van der Waals surface area contributed by atoms with Crippen LogP contribution < -0.4 is 9.80 Å². The van der Waals surface area contributed by atoms with E-state index in [1.807, 2.05) is 24.3 Å². The predicted molar refractivity (Wildman–Crippen MR) is 89.1 cm³/mol. The summed E-state index contributed by atoms with van der Waals surface area (Å²) in [5, 5.41) is 23.9. The number of anilines is 2. The Morgan fingerprint density at radius 1 is 0.864 bits per heavy atom. The van der Waals surface area contributed by atoms with Gasteiger partial charge in [-0.15, -0.1) is 0 Å². The van der Waals surface area contributed by atoms with Crippen molar-refractivity contribution in [2.45, 2.75) is 9.79 Å². The maximum absolute atomic E-state index is 12.3. The van der Waals surface area contributed by atoms with Gasteiger partial charge in [0.25, 0.3) is 0 Å². The normalized spacial score (nSPS) is 13.2. The number of carbonyl (C=O) groups excluding carboxylic acids is 1. The molecule has 1 aliphatic heterocycles. The van der Waals surface area contributed by atoms with Gasteiger partial charge >= 0.3 is 6.03 Å². The second-order valence-electron chi connectivity index (χ2n) is 4.70. The average Bonchev–Trinajstić information content (AvgIpc) is 2.52. The van der Waals surface area contributed by atoms with Crippen LogP contribution in [-0.2, 0) is 0 Å². The first-order valence-electron chi connectivity index (χ1n) is 6.33. The maximum atomic E-state index is 12.3. The molecule has 1 heterocycles. The molecule has 0 aromatic heterocycles. The zero-order chi connectivity index (χ0) is 15.9. The lowest BCUT2D eigenvalue weighted by atomic mass is 10.0. The average molecular weight is 326 g/mol. The molecule has 2 aromatic rings. The van der Waals surface area contributed by atoms with Crippen LogP contribution in [0.2, 0.25) is 0 Å². The van der Waals surface area contributed by atoms with E-state index in [0.717, 1.165) is 55.5 Å². The van der Waals surface area contributed by atoms with Crippen molar-refractivity contribution in [2.24, 2.45) is 0 Å². The highest BCUT2D eigenvalue weighted by Crippen LogP contribution is 2.46. The number of nitriles is 2. The fraction of sp³-hybridized carbons (Fsp3) is 0.133. The molecule has 0 spiro atoms. The van der Waals surface area contributed by atoms with Crippen LogP contribution in [0.15, 0.2) is 34.1 Å². The highest BCUT2D eigenvalue weighted by molar-refractivity contribution is 8.04. The van der Waals surface area contributed by atoms with E-state index < -0.39 is 0 Å². The first kappa shape index (κ1) is 14.6. The van der Waals surface area contributed by atoms with Gasteiger partial charge in [0.2, 0.25) is 0 Å². The molecule has 2 aromatic carbocycles. The van der Waals surface area contributed by atoms with Crippen LogP contribution in [0.5, 0.6) is 0 Å². The van der Waals surface area contributed by atoms with Crippen LogP contribution >= 0.6 is 23.5 Å². The maximum Gasteiger partial charge on any atom is 0.328 e. The third-order valence-corrected chi connectivity index (χ3v) is 4.95. The van der Waals surface area contributed by atoms with Crippen molar-refractivity contribution in [1.82, 2.24) is 0 Å². The molecule has 0 saturated carbocycles. The lowest BCUT2D eigenvalue weighted by Crippen LogP contribution is -2.41. The van der Waals surface area contributed by atoms with Crippen molar-refractivity contribution >= 4 is 51.7 Å². The largest absolute Gasteiger partial charge is 0.328 e. The lowest BCUT2D eigenvalue weighted by molar-refractivity contribution is 0.253. The molecule has 1 aliphatic rings. The van der Waals surface area contributed by atoms with Gasteiger partial charge in [-0.1, -0.05) is 0 Å². The van der Waals surface area contributed by atoms with Crippen molar-refractivity contribution in [3.05, 3.63) is 24.3 Å². The highest BCUT2D eigenvalue weighted by Gasteiger charge is 2.29. The van der Waals surface area contributed by atoms with Crippen LogP contribution in [0.1, 0.15) is 0 Å². The molecule has 0 N–H and O–H groups in total. The number of nitrogens with zero attached hydrogens (tertiary/aromatic N) is 4. The number of amides is 2. The van der Waals surface area contributed by atoms with E-state index in [9.17, 15) is 4.79 Å². The van der Waals surface area contributed by atoms with Gasteiger partial charge in [0.15, 0.2) is 0 Å². The Labute approximate surface area is 136 Å². The van der Waals surface area contributed by atoms with E-state index in [1.54, 1.807) is 23.9 Å². The van der Waals surface area contributed by atoms with Gasteiger partial charge in [0, 0.05) is 34.7 Å². The molecule has 22 heavy (non-hydrogen) atoms. The molecule has 5 nitrogen and oxygen atoms in total. The van der Waals surface area contributed by atoms with E-state index in [2.05, 4.69) is 10.8 Å². The number of rotatable bonds is 2. The quantitative estimate of drug-likeness (QED) is 0.616. The number of urea groups is 1. The van der Waals surface area contributed by atoms with Crippen molar-refractivity contribution in [3.8, 4) is 10.8 Å². The van der Waals surface area contributed by atoms with Gasteiger partial charge in [0.1, 0.15) is 10.8 Å². The molecule has 0 fully saturated rings. The van der Waals surface area contributed by atoms with Gasteiger partial charge in [-0.25, -0.2) is 4.79 Å². The summed E-state index contributed by atoms with van der Waals surface area (Å²) in [7, 11) is 3.44. The number of carbonyl (C=O) groups is 1. The van der Waals surface area contributed by atoms with Crippen molar-refractivity contribution in [3.63, 3.8) is 0 Å². The fourth-order valence-corrected chi connectivity index (χ4v) is 3.82. The number of benzene rings is 2. The predicted octanol–water partition coefficient (Wildman–Crippen LogP) is 3.99. The molecule has 0 bridgehead atoms. The summed E-state index contributed by atoms with van der Waals surface area (Å²) >= 11 is 2.12. The first-order chi connectivity index (χ1) is 10.6. The zero-order valence-corrected chi connectivity index (χ0v) is 13.5. The molecule has 0 aliphatic carbocycles. The topological polar surface area (TPSA) is 71.1 Å². The van der Waals surface area contributed by atoms with E-state index in [1.165, 1.54) is 0 Å². The number of thioether (sulfide) groups is 2. The molecule has 2 amide bonds. The third kappa shape index (κ3) is 1.98. The van der Waals surface area contributed by atoms with Gasteiger partial charge < -0.3 is 0 Å². The van der Waals surface area contributed by atoms with Crippen LogP contribution in [-0.4, -0.2) is 20.1 Å². The SMILES string of the molecule is CN1C(=O)N(C)c2ccc(SC#N)c3c(SC#N)ccc1c23. The molecule has 0 radical (unpaired) electrons. The second kappa shape index (κ2) is 5.45. The Hall–Kier alpha value is -2.35. The summed E-state index contributed by atoms with van der Waals surface area (Å²) in [6.07, 6.45) is 0. The Bertz CT molecular complexity index is 815.